The van der Waals surface area contributed by atoms with E-state index in [1.807, 2.05) is 32.9 Å². The number of nitrogens with one attached hydrogen (secondary N) is 2. The van der Waals surface area contributed by atoms with Gasteiger partial charge < -0.3 is 20.5 Å². The molecule has 0 aliphatic heterocycles. The van der Waals surface area contributed by atoms with Gasteiger partial charge in [-0.2, -0.15) is 0 Å². The second-order valence-corrected chi connectivity index (χ2v) is 5.71. The van der Waals surface area contributed by atoms with Crippen LogP contribution in [-0.4, -0.2) is 29.9 Å². The van der Waals surface area contributed by atoms with E-state index < -0.39 is 5.54 Å². The molecule has 0 saturated heterocycles. The molecule has 2 amide bonds. The van der Waals surface area contributed by atoms with Crippen LogP contribution in [0.5, 0.6) is 5.75 Å². The Hall–Kier alpha value is -2.01. The quantitative estimate of drug-likeness (QED) is 0.677. The predicted molar refractivity (Wildman–Crippen MR) is 84.7 cm³/mol. The summed E-state index contributed by atoms with van der Waals surface area (Å²) < 4.78 is 5.52. The Labute approximate surface area is 126 Å². The molecule has 0 saturated carbocycles. The fourth-order valence-electron chi connectivity index (χ4n) is 1.68. The van der Waals surface area contributed by atoms with E-state index in [0.29, 0.717) is 24.5 Å². The Bertz CT molecular complexity index is 498. The summed E-state index contributed by atoms with van der Waals surface area (Å²) in [7, 11) is 0. The first kappa shape index (κ1) is 17.0. The number of ether oxygens (including phenoxy) is 1. The fourth-order valence-corrected chi connectivity index (χ4v) is 1.68. The van der Waals surface area contributed by atoms with Gasteiger partial charge in [-0.15, -0.1) is 0 Å². The van der Waals surface area contributed by atoms with Gasteiger partial charge in [-0.05, 0) is 44.9 Å². The lowest BCUT2D eigenvalue weighted by atomic mass is 10.0. The second kappa shape index (κ2) is 7.69. The van der Waals surface area contributed by atoms with Crippen LogP contribution >= 0.6 is 0 Å². The highest BCUT2D eigenvalue weighted by molar-refractivity contribution is 5.89. The average Bonchev–Trinajstić information content (AvgIpc) is 2.35. The molecule has 5 heteroatoms. The van der Waals surface area contributed by atoms with Crippen LogP contribution in [0.25, 0.3) is 0 Å². The Morgan fingerprint density at radius 3 is 2.76 bits per heavy atom. The van der Waals surface area contributed by atoms with Gasteiger partial charge in [0, 0.05) is 23.9 Å². The lowest BCUT2D eigenvalue weighted by Crippen LogP contribution is -2.46. The molecule has 3 N–H and O–H groups in total. The third-order valence-corrected chi connectivity index (χ3v) is 2.77. The number of hydrogen-bond donors (Lipinski definition) is 3. The summed E-state index contributed by atoms with van der Waals surface area (Å²) in [4.78, 5) is 11.9. The molecule has 5 nitrogen and oxygen atoms in total. The highest BCUT2D eigenvalue weighted by Gasteiger charge is 2.19. The molecular formula is C16H24N2O3. The van der Waals surface area contributed by atoms with Gasteiger partial charge in [0.15, 0.2) is 0 Å². The monoisotopic (exact) mass is 292 g/mol. The normalized spacial score (nSPS) is 10.9. The Morgan fingerprint density at radius 1 is 1.43 bits per heavy atom. The van der Waals surface area contributed by atoms with Crippen LogP contribution in [0, 0.1) is 0 Å². The molecule has 0 bridgehead atoms. The molecule has 0 spiro atoms. The maximum Gasteiger partial charge on any atom is 0.319 e. The number of aliphatic hydroxyl groups is 1. The topological polar surface area (TPSA) is 70.6 Å². The van der Waals surface area contributed by atoms with Crippen molar-refractivity contribution in [1.82, 2.24) is 5.32 Å². The smallest absolute Gasteiger partial charge is 0.319 e. The van der Waals surface area contributed by atoms with Crippen molar-refractivity contribution in [1.29, 1.82) is 0 Å². The molecule has 0 aliphatic rings. The molecule has 0 unspecified atom stereocenters. The van der Waals surface area contributed by atoms with E-state index in [1.165, 1.54) is 0 Å². The Kier molecular flexibility index (Phi) is 6.24. The summed E-state index contributed by atoms with van der Waals surface area (Å²) in [5, 5.41) is 14.5. The first-order valence-corrected chi connectivity index (χ1v) is 6.90. The number of rotatable bonds is 7. The first-order valence-electron chi connectivity index (χ1n) is 6.90. The molecule has 0 heterocycles. The number of amides is 2. The Morgan fingerprint density at radius 2 is 2.14 bits per heavy atom. The fraction of sp³-hybridized carbons (Fsp3) is 0.438. The number of hydrogen-bond acceptors (Lipinski definition) is 3. The van der Waals surface area contributed by atoms with Crippen molar-refractivity contribution in [3.63, 3.8) is 0 Å². The minimum atomic E-state index is -0.465. The summed E-state index contributed by atoms with van der Waals surface area (Å²) in [6.07, 6.45) is 0.488. The van der Waals surface area contributed by atoms with E-state index in [9.17, 15) is 4.79 Å². The van der Waals surface area contributed by atoms with Crippen molar-refractivity contribution in [2.24, 2.45) is 0 Å². The van der Waals surface area contributed by atoms with Gasteiger partial charge in [0.1, 0.15) is 12.4 Å². The maximum atomic E-state index is 11.9. The highest BCUT2D eigenvalue weighted by atomic mass is 16.5. The maximum absolute atomic E-state index is 11.9. The zero-order valence-electron chi connectivity index (χ0n) is 12.9. The summed E-state index contributed by atoms with van der Waals surface area (Å²) in [6, 6.07) is 6.85. The van der Waals surface area contributed by atoms with Crippen LogP contribution in [-0.2, 0) is 0 Å². The van der Waals surface area contributed by atoms with Crippen LogP contribution in [0.3, 0.4) is 0 Å². The molecular weight excluding hydrogens is 268 g/mol. The second-order valence-electron chi connectivity index (χ2n) is 5.71. The van der Waals surface area contributed by atoms with Crippen molar-refractivity contribution in [2.75, 3.05) is 18.5 Å². The third-order valence-electron chi connectivity index (χ3n) is 2.77. The first-order chi connectivity index (χ1) is 9.82. The van der Waals surface area contributed by atoms with Crippen LogP contribution in [0.2, 0.25) is 0 Å². The molecule has 1 aromatic carbocycles. The molecule has 1 rings (SSSR count). The van der Waals surface area contributed by atoms with Crippen LogP contribution in [0.15, 0.2) is 36.4 Å². The van der Waals surface area contributed by atoms with Gasteiger partial charge >= 0.3 is 6.03 Å². The molecule has 0 radical (unpaired) electrons. The van der Waals surface area contributed by atoms with Crippen molar-refractivity contribution in [3.05, 3.63) is 36.4 Å². The Balaban J connectivity index is 2.60. The number of aliphatic hydroxyl groups excluding tert-OH is 1. The summed E-state index contributed by atoms with van der Waals surface area (Å²) in [6.45, 7) is 9.84. The molecule has 0 atom stereocenters. The van der Waals surface area contributed by atoms with Gasteiger partial charge in [-0.1, -0.05) is 12.6 Å². The van der Waals surface area contributed by atoms with E-state index in [-0.39, 0.29) is 12.6 Å². The molecule has 1 aromatic rings. The number of anilines is 1. The van der Waals surface area contributed by atoms with Gasteiger partial charge in [0.2, 0.25) is 0 Å². The molecule has 0 fully saturated rings. The van der Waals surface area contributed by atoms with Crippen LogP contribution in [0.4, 0.5) is 10.5 Å². The van der Waals surface area contributed by atoms with E-state index in [0.717, 1.165) is 5.57 Å². The van der Waals surface area contributed by atoms with Crippen LogP contribution in [0.1, 0.15) is 27.2 Å². The van der Waals surface area contributed by atoms with Gasteiger partial charge in [0.05, 0.1) is 0 Å². The van der Waals surface area contributed by atoms with E-state index in [1.54, 1.807) is 12.1 Å². The highest BCUT2D eigenvalue weighted by Crippen LogP contribution is 2.18. The summed E-state index contributed by atoms with van der Waals surface area (Å²) in [5.74, 6) is 0.672. The lowest BCUT2D eigenvalue weighted by Gasteiger charge is -2.25. The van der Waals surface area contributed by atoms with E-state index in [2.05, 4.69) is 17.2 Å². The van der Waals surface area contributed by atoms with Crippen molar-refractivity contribution >= 4 is 11.7 Å². The number of carbonyl (C=O) groups excluding carboxylic acids is 1. The SMILES string of the molecule is C=C(C)COc1cccc(NC(=O)NC(C)(C)CCO)c1. The van der Waals surface area contributed by atoms with E-state index >= 15 is 0 Å². The third kappa shape index (κ3) is 6.81. The number of carbonyl (C=O) groups is 1. The average molecular weight is 292 g/mol. The molecule has 0 aliphatic carbocycles. The van der Waals surface area contributed by atoms with Crippen molar-refractivity contribution in [2.45, 2.75) is 32.7 Å². The zero-order valence-corrected chi connectivity index (χ0v) is 12.9. The summed E-state index contributed by atoms with van der Waals surface area (Å²) in [5.41, 5.74) is 1.11. The van der Waals surface area contributed by atoms with Gasteiger partial charge in [0.25, 0.3) is 0 Å². The standard InChI is InChI=1S/C16H24N2O3/c1-12(2)11-21-14-7-5-6-13(10-14)17-15(20)18-16(3,4)8-9-19/h5-7,10,19H,1,8-9,11H2,2-4H3,(H2,17,18,20). The lowest BCUT2D eigenvalue weighted by molar-refractivity contribution is 0.218. The number of urea groups is 1. The van der Waals surface area contributed by atoms with Crippen LogP contribution < -0.4 is 15.4 Å². The van der Waals surface area contributed by atoms with E-state index in [4.69, 9.17) is 9.84 Å². The molecule has 21 heavy (non-hydrogen) atoms. The minimum Gasteiger partial charge on any atom is -0.489 e. The zero-order chi connectivity index (χ0) is 15.9. The predicted octanol–water partition coefficient (Wildman–Crippen LogP) is 2.92. The van der Waals surface area contributed by atoms with Crippen molar-refractivity contribution in [3.8, 4) is 5.75 Å². The minimum absolute atomic E-state index is 0.0253. The molecule has 116 valence electrons. The summed E-state index contributed by atoms with van der Waals surface area (Å²) >= 11 is 0. The molecule has 0 aromatic heterocycles. The van der Waals surface area contributed by atoms with Gasteiger partial charge in [-0.25, -0.2) is 4.79 Å². The van der Waals surface area contributed by atoms with Gasteiger partial charge in [-0.3, -0.25) is 0 Å². The number of benzene rings is 1. The van der Waals surface area contributed by atoms with Crippen molar-refractivity contribution < 1.29 is 14.6 Å². The largest absolute Gasteiger partial charge is 0.489 e.